The third kappa shape index (κ3) is 5.67. The highest BCUT2D eigenvalue weighted by Crippen LogP contribution is 2.01. The SMILES string of the molecule is C=C/C=C/C=C(C)\C=C(\C)C(=O)O. The van der Waals surface area contributed by atoms with E-state index in [1.165, 1.54) is 0 Å². The summed E-state index contributed by atoms with van der Waals surface area (Å²) in [5.41, 5.74) is 1.23. The fourth-order valence-corrected chi connectivity index (χ4v) is 0.737. The van der Waals surface area contributed by atoms with Crippen molar-refractivity contribution in [2.45, 2.75) is 13.8 Å². The van der Waals surface area contributed by atoms with Gasteiger partial charge < -0.3 is 5.11 Å². The minimum Gasteiger partial charge on any atom is -0.478 e. The van der Waals surface area contributed by atoms with Crippen LogP contribution in [0.25, 0.3) is 0 Å². The molecule has 1 N–H and O–H groups in total. The number of allylic oxidation sites excluding steroid dienone is 6. The topological polar surface area (TPSA) is 37.3 Å². The van der Waals surface area contributed by atoms with Crippen LogP contribution in [0.3, 0.4) is 0 Å². The molecule has 0 amide bonds. The van der Waals surface area contributed by atoms with Gasteiger partial charge in [0.05, 0.1) is 0 Å². The Morgan fingerprint density at radius 3 is 2.38 bits per heavy atom. The Hall–Kier alpha value is -1.57. The molecule has 2 nitrogen and oxygen atoms in total. The van der Waals surface area contributed by atoms with Crippen molar-refractivity contribution in [2.24, 2.45) is 0 Å². The number of carboxylic acid groups (broad SMARTS) is 1. The van der Waals surface area contributed by atoms with Crippen LogP contribution in [0, 0.1) is 0 Å². The summed E-state index contributed by atoms with van der Waals surface area (Å²) in [6.07, 6.45) is 8.71. The highest BCUT2D eigenvalue weighted by Gasteiger charge is 1.97. The van der Waals surface area contributed by atoms with E-state index >= 15 is 0 Å². The summed E-state index contributed by atoms with van der Waals surface area (Å²) >= 11 is 0. The second-order valence-electron chi connectivity index (χ2n) is 2.66. The Morgan fingerprint density at radius 1 is 1.31 bits per heavy atom. The minimum absolute atomic E-state index is 0.334. The van der Waals surface area contributed by atoms with Crippen LogP contribution >= 0.6 is 0 Å². The Morgan fingerprint density at radius 2 is 1.92 bits per heavy atom. The molecule has 0 aliphatic heterocycles. The number of carbonyl (C=O) groups is 1. The van der Waals surface area contributed by atoms with Crippen molar-refractivity contribution < 1.29 is 9.90 Å². The quantitative estimate of drug-likeness (QED) is 0.531. The average Bonchev–Trinajstić information content (AvgIpc) is 2.04. The van der Waals surface area contributed by atoms with Crippen molar-refractivity contribution in [3.63, 3.8) is 0 Å². The lowest BCUT2D eigenvalue weighted by Crippen LogP contribution is -1.95. The number of carboxylic acids is 1. The molecule has 0 aromatic rings. The van der Waals surface area contributed by atoms with Crippen LogP contribution in [-0.4, -0.2) is 11.1 Å². The number of rotatable bonds is 4. The van der Waals surface area contributed by atoms with Crippen molar-refractivity contribution >= 4 is 5.97 Å². The molecule has 0 radical (unpaired) electrons. The summed E-state index contributed by atoms with van der Waals surface area (Å²) in [6, 6.07) is 0. The first-order chi connectivity index (χ1) is 6.07. The lowest BCUT2D eigenvalue weighted by Gasteiger charge is -1.92. The molecule has 0 spiro atoms. The second-order valence-corrected chi connectivity index (χ2v) is 2.66. The van der Waals surface area contributed by atoms with Gasteiger partial charge >= 0.3 is 5.97 Å². The molecule has 0 bridgehead atoms. The summed E-state index contributed by atoms with van der Waals surface area (Å²) in [7, 11) is 0. The molecule has 2 heteroatoms. The molecule has 70 valence electrons. The zero-order valence-electron chi connectivity index (χ0n) is 7.95. The predicted molar refractivity (Wildman–Crippen MR) is 54.5 cm³/mol. The normalized spacial score (nSPS) is 13.4. The fraction of sp³-hybridized carbons (Fsp3) is 0.182. The Kier molecular flexibility index (Phi) is 5.28. The van der Waals surface area contributed by atoms with Gasteiger partial charge in [0.25, 0.3) is 0 Å². The van der Waals surface area contributed by atoms with Gasteiger partial charge in [-0.2, -0.15) is 0 Å². The fourth-order valence-electron chi connectivity index (χ4n) is 0.737. The Bertz CT molecular complexity index is 280. The molecule has 0 rings (SSSR count). The maximum absolute atomic E-state index is 10.4. The van der Waals surface area contributed by atoms with Crippen LogP contribution in [0.2, 0.25) is 0 Å². The molecule has 0 aliphatic carbocycles. The van der Waals surface area contributed by atoms with Crippen LogP contribution < -0.4 is 0 Å². The van der Waals surface area contributed by atoms with Gasteiger partial charge in [0.1, 0.15) is 0 Å². The minimum atomic E-state index is -0.888. The smallest absolute Gasteiger partial charge is 0.331 e. The molecule has 0 saturated heterocycles. The van der Waals surface area contributed by atoms with E-state index in [0.717, 1.165) is 5.57 Å². The van der Waals surface area contributed by atoms with Gasteiger partial charge in [-0.15, -0.1) is 0 Å². The first-order valence-electron chi connectivity index (χ1n) is 3.95. The molecule has 0 fully saturated rings. The molecule has 0 aliphatic rings. The van der Waals surface area contributed by atoms with Crippen LogP contribution in [0.5, 0.6) is 0 Å². The summed E-state index contributed by atoms with van der Waals surface area (Å²) < 4.78 is 0. The van der Waals surface area contributed by atoms with Gasteiger partial charge in [-0.1, -0.05) is 36.5 Å². The third-order valence-electron chi connectivity index (χ3n) is 1.39. The maximum Gasteiger partial charge on any atom is 0.331 e. The second kappa shape index (κ2) is 6.00. The lowest BCUT2D eigenvalue weighted by atomic mass is 10.2. The van der Waals surface area contributed by atoms with Gasteiger partial charge in [-0.3, -0.25) is 0 Å². The van der Waals surface area contributed by atoms with Crippen molar-refractivity contribution in [2.75, 3.05) is 0 Å². The van der Waals surface area contributed by atoms with Crippen molar-refractivity contribution in [1.82, 2.24) is 0 Å². The van der Waals surface area contributed by atoms with E-state index in [4.69, 9.17) is 5.11 Å². The van der Waals surface area contributed by atoms with Gasteiger partial charge in [0.15, 0.2) is 0 Å². The highest BCUT2D eigenvalue weighted by molar-refractivity contribution is 5.86. The van der Waals surface area contributed by atoms with E-state index in [9.17, 15) is 4.79 Å². The van der Waals surface area contributed by atoms with Gasteiger partial charge in [-0.25, -0.2) is 4.79 Å². The van der Waals surface area contributed by atoms with Gasteiger partial charge in [-0.05, 0) is 19.9 Å². The lowest BCUT2D eigenvalue weighted by molar-refractivity contribution is -0.132. The maximum atomic E-state index is 10.4. The van der Waals surface area contributed by atoms with Crippen LogP contribution in [0.4, 0.5) is 0 Å². The summed E-state index contributed by atoms with van der Waals surface area (Å²) in [6.45, 7) is 6.93. The molecular weight excluding hydrogens is 164 g/mol. The van der Waals surface area contributed by atoms with E-state index in [1.54, 1.807) is 25.2 Å². The van der Waals surface area contributed by atoms with E-state index in [-0.39, 0.29) is 0 Å². The van der Waals surface area contributed by atoms with E-state index in [1.807, 2.05) is 19.1 Å². The van der Waals surface area contributed by atoms with E-state index in [0.29, 0.717) is 5.57 Å². The summed E-state index contributed by atoms with van der Waals surface area (Å²) in [5.74, 6) is -0.888. The molecule has 0 saturated carbocycles. The van der Waals surface area contributed by atoms with Crippen molar-refractivity contribution in [3.8, 4) is 0 Å². The van der Waals surface area contributed by atoms with E-state index < -0.39 is 5.97 Å². The van der Waals surface area contributed by atoms with Crippen molar-refractivity contribution in [1.29, 1.82) is 0 Å². The molecule has 0 aromatic carbocycles. The predicted octanol–water partition coefficient (Wildman–Crippen LogP) is 2.71. The zero-order valence-corrected chi connectivity index (χ0v) is 7.95. The molecule has 0 atom stereocenters. The summed E-state index contributed by atoms with van der Waals surface area (Å²) in [4.78, 5) is 10.4. The first-order valence-corrected chi connectivity index (χ1v) is 3.95. The monoisotopic (exact) mass is 178 g/mol. The number of hydrogen-bond donors (Lipinski definition) is 1. The van der Waals surface area contributed by atoms with Gasteiger partial charge in [0, 0.05) is 5.57 Å². The standard InChI is InChI=1S/C11H14O2/c1-4-5-6-7-9(2)8-10(3)11(12)13/h4-8H,1H2,2-3H3,(H,12,13)/b6-5+,9-7-,10-8-. The van der Waals surface area contributed by atoms with E-state index in [2.05, 4.69) is 6.58 Å². The first kappa shape index (κ1) is 11.4. The molecule has 0 heterocycles. The number of hydrogen-bond acceptors (Lipinski definition) is 1. The Labute approximate surface area is 78.6 Å². The Balaban J connectivity index is 4.44. The number of aliphatic carboxylic acids is 1. The molecule has 0 unspecified atom stereocenters. The largest absolute Gasteiger partial charge is 0.478 e. The van der Waals surface area contributed by atoms with Crippen molar-refractivity contribution in [3.05, 3.63) is 48.1 Å². The highest BCUT2D eigenvalue weighted by atomic mass is 16.4. The molecule has 0 aromatic heterocycles. The van der Waals surface area contributed by atoms with Crippen LogP contribution in [0.15, 0.2) is 48.1 Å². The average molecular weight is 178 g/mol. The zero-order chi connectivity index (χ0) is 10.3. The van der Waals surface area contributed by atoms with Crippen LogP contribution in [-0.2, 0) is 4.79 Å². The van der Waals surface area contributed by atoms with Crippen LogP contribution in [0.1, 0.15) is 13.8 Å². The molecule has 13 heavy (non-hydrogen) atoms. The summed E-state index contributed by atoms with van der Waals surface area (Å²) in [5, 5.41) is 8.57. The van der Waals surface area contributed by atoms with Gasteiger partial charge in [0.2, 0.25) is 0 Å². The molecular formula is C11H14O2. The third-order valence-corrected chi connectivity index (χ3v) is 1.39.